The molecule has 2 aromatic rings. The van der Waals surface area contributed by atoms with Gasteiger partial charge in [0.1, 0.15) is 5.56 Å². The average molecular weight is 336 g/mol. The van der Waals surface area contributed by atoms with Crippen LogP contribution in [0.5, 0.6) is 0 Å². The molecular weight excluding hydrogens is 318 g/mol. The summed E-state index contributed by atoms with van der Waals surface area (Å²) in [4.78, 5) is 26.0. The fourth-order valence-corrected chi connectivity index (χ4v) is 3.24. The van der Waals surface area contributed by atoms with Crippen LogP contribution >= 0.6 is 11.6 Å². The third-order valence-electron chi connectivity index (χ3n) is 4.18. The zero-order valence-corrected chi connectivity index (χ0v) is 13.6. The van der Waals surface area contributed by atoms with Crippen molar-refractivity contribution in [3.8, 4) is 0 Å². The van der Waals surface area contributed by atoms with Gasteiger partial charge in [0.25, 0.3) is 0 Å². The maximum Gasteiger partial charge on any atom is 0.341 e. The topological polar surface area (TPSA) is 74.6 Å². The Bertz CT molecular complexity index is 825. The second-order valence-corrected chi connectivity index (χ2v) is 5.93. The Labute approximate surface area is 138 Å². The van der Waals surface area contributed by atoms with Gasteiger partial charge in [-0.25, -0.2) is 4.79 Å². The minimum Gasteiger partial charge on any atom is -0.477 e. The van der Waals surface area contributed by atoms with E-state index in [1.807, 2.05) is 6.92 Å². The van der Waals surface area contributed by atoms with Crippen molar-refractivity contribution in [1.82, 2.24) is 9.88 Å². The van der Waals surface area contributed by atoms with E-state index in [9.17, 15) is 14.7 Å². The molecule has 1 fully saturated rings. The minimum absolute atomic E-state index is 0.215. The Balaban J connectivity index is 2.26. The highest BCUT2D eigenvalue weighted by atomic mass is 35.5. The molecule has 1 saturated heterocycles. The monoisotopic (exact) mass is 335 g/mol. The number of aromatic carboxylic acids is 1. The Morgan fingerprint density at radius 3 is 2.65 bits per heavy atom. The first-order valence-electron chi connectivity index (χ1n) is 7.58. The van der Waals surface area contributed by atoms with Gasteiger partial charge in [0, 0.05) is 44.3 Å². The van der Waals surface area contributed by atoms with E-state index in [1.54, 1.807) is 16.7 Å². The molecule has 0 aliphatic carbocycles. The van der Waals surface area contributed by atoms with Crippen LogP contribution in [0.15, 0.2) is 23.1 Å². The van der Waals surface area contributed by atoms with Crippen molar-refractivity contribution < 1.29 is 9.90 Å². The van der Waals surface area contributed by atoms with Gasteiger partial charge in [-0.3, -0.25) is 4.79 Å². The lowest BCUT2D eigenvalue weighted by Crippen LogP contribution is -2.43. The van der Waals surface area contributed by atoms with Crippen LogP contribution in [0.1, 0.15) is 17.3 Å². The van der Waals surface area contributed by atoms with Crippen LogP contribution in [-0.2, 0) is 6.54 Å². The molecule has 6 nitrogen and oxygen atoms in total. The fraction of sp³-hybridized carbons (Fsp3) is 0.375. The van der Waals surface area contributed by atoms with Crippen LogP contribution in [0.4, 0.5) is 5.69 Å². The Morgan fingerprint density at radius 2 is 2.04 bits per heavy atom. The van der Waals surface area contributed by atoms with Gasteiger partial charge in [-0.1, -0.05) is 11.6 Å². The SMILES string of the molecule is CCn1cc(C(=O)O)c(=O)c2cc(N3CCNCC3)c(Cl)cc21. The van der Waals surface area contributed by atoms with Crippen molar-refractivity contribution in [3.63, 3.8) is 0 Å². The zero-order valence-electron chi connectivity index (χ0n) is 12.8. The molecule has 0 bridgehead atoms. The molecule has 7 heteroatoms. The number of fused-ring (bicyclic) bond motifs is 1. The number of carbonyl (C=O) groups is 1. The lowest BCUT2D eigenvalue weighted by molar-refractivity contribution is 0.0695. The number of nitrogens with zero attached hydrogens (tertiary/aromatic N) is 2. The molecule has 1 aliphatic heterocycles. The minimum atomic E-state index is -1.21. The number of rotatable bonds is 3. The van der Waals surface area contributed by atoms with E-state index in [4.69, 9.17) is 11.6 Å². The Kier molecular flexibility index (Phi) is 4.28. The highest BCUT2D eigenvalue weighted by Gasteiger charge is 2.19. The molecule has 122 valence electrons. The van der Waals surface area contributed by atoms with Gasteiger partial charge in [0.15, 0.2) is 0 Å². The second kappa shape index (κ2) is 6.22. The summed E-state index contributed by atoms with van der Waals surface area (Å²) >= 11 is 6.43. The van der Waals surface area contributed by atoms with Crippen LogP contribution in [0.2, 0.25) is 5.02 Å². The van der Waals surface area contributed by atoms with E-state index in [0.29, 0.717) is 22.5 Å². The molecule has 3 rings (SSSR count). The van der Waals surface area contributed by atoms with Gasteiger partial charge < -0.3 is 19.9 Å². The Morgan fingerprint density at radius 1 is 1.35 bits per heavy atom. The number of hydrogen-bond acceptors (Lipinski definition) is 4. The van der Waals surface area contributed by atoms with Crippen molar-refractivity contribution in [2.45, 2.75) is 13.5 Å². The van der Waals surface area contributed by atoms with Gasteiger partial charge in [0.05, 0.1) is 16.2 Å². The average Bonchev–Trinajstić information content (AvgIpc) is 2.55. The summed E-state index contributed by atoms with van der Waals surface area (Å²) in [5.41, 5.74) is 0.757. The molecule has 0 unspecified atom stereocenters. The zero-order chi connectivity index (χ0) is 16.6. The van der Waals surface area contributed by atoms with Crippen LogP contribution in [-0.4, -0.2) is 41.8 Å². The number of piperazine rings is 1. The summed E-state index contributed by atoms with van der Waals surface area (Å²) in [5, 5.41) is 13.5. The molecule has 0 radical (unpaired) electrons. The van der Waals surface area contributed by atoms with E-state index >= 15 is 0 Å². The van der Waals surface area contributed by atoms with Gasteiger partial charge in [-0.2, -0.15) is 0 Å². The first kappa shape index (κ1) is 15.8. The summed E-state index contributed by atoms with van der Waals surface area (Å²) in [5.74, 6) is -1.21. The van der Waals surface area contributed by atoms with Crippen LogP contribution in [0.25, 0.3) is 10.9 Å². The van der Waals surface area contributed by atoms with Crippen molar-refractivity contribution in [1.29, 1.82) is 0 Å². The summed E-state index contributed by atoms with van der Waals surface area (Å²) < 4.78 is 1.74. The van der Waals surface area contributed by atoms with Crippen molar-refractivity contribution in [3.05, 3.63) is 39.1 Å². The molecule has 0 saturated carbocycles. The number of carboxylic acid groups (broad SMARTS) is 1. The van der Waals surface area contributed by atoms with Crippen LogP contribution in [0, 0.1) is 0 Å². The smallest absolute Gasteiger partial charge is 0.341 e. The van der Waals surface area contributed by atoms with E-state index in [0.717, 1.165) is 31.9 Å². The molecule has 1 aromatic heterocycles. The number of halogens is 1. The third-order valence-corrected chi connectivity index (χ3v) is 4.48. The third kappa shape index (κ3) is 2.80. The van der Waals surface area contributed by atoms with Gasteiger partial charge >= 0.3 is 5.97 Å². The highest BCUT2D eigenvalue weighted by Crippen LogP contribution is 2.30. The number of benzene rings is 1. The molecule has 2 heterocycles. The predicted octanol–water partition coefficient (Wildman–Crippen LogP) is 1.78. The number of anilines is 1. The van der Waals surface area contributed by atoms with Gasteiger partial charge in [-0.15, -0.1) is 0 Å². The normalized spacial score (nSPS) is 15.1. The van der Waals surface area contributed by atoms with Crippen LogP contribution in [0.3, 0.4) is 0 Å². The van der Waals surface area contributed by atoms with Crippen LogP contribution < -0.4 is 15.6 Å². The highest BCUT2D eigenvalue weighted by molar-refractivity contribution is 6.34. The number of hydrogen-bond donors (Lipinski definition) is 2. The Hall–Kier alpha value is -2.05. The summed E-state index contributed by atoms with van der Waals surface area (Å²) in [7, 11) is 0. The van der Waals surface area contributed by atoms with Crippen molar-refractivity contribution >= 4 is 34.2 Å². The van der Waals surface area contributed by atoms with E-state index in [-0.39, 0.29) is 5.56 Å². The summed E-state index contributed by atoms with van der Waals surface area (Å²) in [6.45, 7) is 5.75. The maximum atomic E-state index is 12.5. The van der Waals surface area contributed by atoms with E-state index in [1.165, 1.54) is 6.20 Å². The summed E-state index contributed by atoms with van der Waals surface area (Å²) in [6, 6.07) is 3.48. The van der Waals surface area contributed by atoms with Crippen molar-refractivity contribution in [2.24, 2.45) is 0 Å². The first-order chi connectivity index (χ1) is 11.0. The lowest BCUT2D eigenvalue weighted by Gasteiger charge is -2.30. The molecule has 0 atom stereocenters. The standard InChI is InChI=1S/C16H18ClN3O3/c1-2-19-9-11(16(22)23)15(21)10-7-14(12(17)8-13(10)19)20-5-3-18-4-6-20/h7-9,18H,2-6H2,1H3,(H,22,23). The lowest BCUT2D eigenvalue weighted by atomic mass is 10.1. The molecule has 2 N–H and O–H groups in total. The number of aromatic nitrogens is 1. The van der Waals surface area contributed by atoms with E-state index in [2.05, 4.69) is 10.2 Å². The van der Waals surface area contributed by atoms with Gasteiger partial charge in [-0.05, 0) is 19.1 Å². The number of pyridine rings is 1. The second-order valence-electron chi connectivity index (χ2n) is 5.52. The number of aryl methyl sites for hydroxylation is 1. The van der Waals surface area contributed by atoms with Crippen molar-refractivity contribution in [2.75, 3.05) is 31.1 Å². The van der Waals surface area contributed by atoms with E-state index < -0.39 is 11.4 Å². The fourth-order valence-electron chi connectivity index (χ4n) is 2.96. The molecule has 1 aromatic carbocycles. The molecule has 0 spiro atoms. The predicted molar refractivity (Wildman–Crippen MR) is 90.9 cm³/mol. The largest absolute Gasteiger partial charge is 0.477 e. The molecule has 23 heavy (non-hydrogen) atoms. The molecule has 0 amide bonds. The number of nitrogens with one attached hydrogen (secondary N) is 1. The summed E-state index contributed by atoms with van der Waals surface area (Å²) in [6.07, 6.45) is 1.38. The quantitative estimate of drug-likeness (QED) is 0.894. The first-order valence-corrected chi connectivity index (χ1v) is 7.96. The number of carboxylic acids is 1. The molecule has 1 aliphatic rings. The van der Waals surface area contributed by atoms with Gasteiger partial charge in [0.2, 0.25) is 5.43 Å². The maximum absolute atomic E-state index is 12.5. The molecular formula is C16H18ClN3O3.